The van der Waals surface area contributed by atoms with Crippen LogP contribution >= 0.6 is 0 Å². The topological polar surface area (TPSA) is 87.7 Å². The van der Waals surface area contributed by atoms with Crippen molar-refractivity contribution in [2.75, 3.05) is 0 Å². The van der Waals surface area contributed by atoms with Crippen LogP contribution in [0.5, 0.6) is 0 Å². The number of carbonyl (C=O) groups is 1. The van der Waals surface area contributed by atoms with Gasteiger partial charge in [0.25, 0.3) is 0 Å². The highest BCUT2D eigenvalue weighted by atomic mass is 16.4. The number of oxime groups is 1. The third-order valence-electron chi connectivity index (χ3n) is 3.91. The van der Waals surface area contributed by atoms with E-state index in [4.69, 9.17) is 10.9 Å². The molecule has 5 heteroatoms. The summed E-state index contributed by atoms with van der Waals surface area (Å²) in [5.41, 5.74) is 4.88. The van der Waals surface area contributed by atoms with Crippen LogP contribution < -0.4 is 11.1 Å². The van der Waals surface area contributed by atoms with E-state index < -0.39 is 5.41 Å². The monoisotopic (exact) mass is 225 g/mol. The zero-order valence-corrected chi connectivity index (χ0v) is 9.62. The van der Waals surface area contributed by atoms with Crippen molar-refractivity contribution in [2.45, 2.75) is 51.0 Å². The predicted molar refractivity (Wildman–Crippen MR) is 60.1 cm³/mol. The molecule has 0 heterocycles. The van der Waals surface area contributed by atoms with E-state index in [2.05, 4.69) is 10.5 Å². The van der Waals surface area contributed by atoms with Crippen LogP contribution in [0.3, 0.4) is 0 Å². The lowest BCUT2D eigenvalue weighted by atomic mass is 9.83. The molecule has 2 fully saturated rings. The van der Waals surface area contributed by atoms with Gasteiger partial charge in [-0.05, 0) is 32.6 Å². The second kappa shape index (κ2) is 3.64. The molecule has 2 aliphatic carbocycles. The molecule has 0 radical (unpaired) electrons. The van der Waals surface area contributed by atoms with E-state index >= 15 is 0 Å². The lowest BCUT2D eigenvalue weighted by Gasteiger charge is -2.28. The summed E-state index contributed by atoms with van der Waals surface area (Å²) in [6.45, 7) is 2.03. The van der Waals surface area contributed by atoms with Crippen molar-refractivity contribution in [1.82, 2.24) is 5.32 Å². The van der Waals surface area contributed by atoms with Gasteiger partial charge in [-0.2, -0.15) is 0 Å². The molecule has 0 aromatic heterocycles. The van der Waals surface area contributed by atoms with E-state index in [9.17, 15) is 4.79 Å². The number of nitrogens with zero attached hydrogens (tertiary/aromatic N) is 1. The van der Waals surface area contributed by atoms with Crippen LogP contribution in [0.15, 0.2) is 5.16 Å². The first kappa shape index (κ1) is 11.2. The van der Waals surface area contributed by atoms with Gasteiger partial charge in [-0.15, -0.1) is 0 Å². The molecule has 0 saturated heterocycles. The van der Waals surface area contributed by atoms with Crippen molar-refractivity contribution in [1.29, 1.82) is 0 Å². The molecule has 0 aromatic carbocycles. The highest BCUT2D eigenvalue weighted by Crippen LogP contribution is 2.41. The molecule has 4 N–H and O–H groups in total. The summed E-state index contributed by atoms with van der Waals surface area (Å²) < 4.78 is 0. The third kappa shape index (κ3) is 1.74. The first-order valence-electron chi connectivity index (χ1n) is 5.83. The van der Waals surface area contributed by atoms with Crippen molar-refractivity contribution in [3.63, 3.8) is 0 Å². The van der Waals surface area contributed by atoms with Crippen LogP contribution in [0, 0.1) is 5.41 Å². The number of hydrogen-bond donors (Lipinski definition) is 3. The van der Waals surface area contributed by atoms with Gasteiger partial charge in [0.2, 0.25) is 5.91 Å². The number of amidine groups is 1. The van der Waals surface area contributed by atoms with E-state index in [0.717, 1.165) is 25.7 Å². The largest absolute Gasteiger partial charge is 0.409 e. The number of nitrogens with one attached hydrogen (secondary N) is 1. The highest BCUT2D eigenvalue weighted by Gasteiger charge is 2.49. The molecule has 0 aromatic rings. The molecular formula is C11H19N3O2. The second-order valence-corrected chi connectivity index (χ2v) is 5.29. The van der Waals surface area contributed by atoms with Crippen molar-refractivity contribution < 1.29 is 10.0 Å². The Hall–Kier alpha value is -1.26. The Balaban J connectivity index is 2.15. The number of nitrogens with two attached hydrogens (primary N) is 1. The molecule has 2 aliphatic rings. The van der Waals surface area contributed by atoms with Gasteiger partial charge in [-0.25, -0.2) is 0 Å². The molecular weight excluding hydrogens is 206 g/mol. The summed E-state index contributed by atoms with van der Waals surface area (Å²) in [4.78, 5) is 12.2. The number of rotatable bonds is 3. The summed E-state index contributed by atoms with van der Waals surface area (Å²) in [5.74, 6) is -0.00736. The maximum atomic E-state index is 12.2. The number of amides is 1. The minimum Gasteiger partial charge on any atom is -0.409 e. The minimum absolute atomic E-state index is 0.0532. The van der Waals surface area contributed by atoms with Gasteiger partial charge < -0.3 is 16.3 Å². The van der Waals surface area contributed by atoms with E-state index in [-0.39, 0.29) is 17.3 Å². The third-order valence-corrected chi connectivity index (χ3v) is 3.91. The molecule has 2 rings (SSSR count). The van der Waals surface area contributed by atoms with Gasteiger partial charge in [0.05, 0.1) is 0 Å². The summed E-state index contributed by atoms with van der Waals surface area (Å²) >= 11 is 0. The molecule has 0 spiro atoms. The molecule has 5 nitrogen and oxygen atoms in total. The van der Waals surface area contributed by atoms with E-state index in [1.54, 1.807) is 0 Å². The average molecular weight is 225 g/mol. The van der Waals surface area contributed by atoms with E-state index in [0.29, 0.717) is 12.8 Å². The Bertz CT molecular complexity index is 328. The second-order valence-electron chi connectivity index (χ2n) is 5.29. The molecule has 0 unspecified atom stereocenters. The lowest BCUT2D eigenvalue weighted by Crippen LogP contribution is -2.51. The van der Waals surface area contributed by atoms with Crippen molar-refractivity contribution in [2.24, 2.45) is 16.3 Å². The Morgan fingerprint density at radius 1 is 1.31 bits per heavy atom. The minimum atomic E-state index is -0.764. The van der Waals surface area contributed by atoms with Crippen LogP contribution in [0.25, 0.3) is 0 Å². The first-order valence-corrected chi connectivity index (χ1v) is 5.83. The zero-order chi connectivity index (χ0) is 11.8. The van der Waals surface area contributed by atoms with Crippen molar-refractivity contribution >= 4 is 11.7 Å². The highest BCUT2D eigenvalue weighted by molar-refractivity contribution is 6.07. The summed E-state index contributed by atoms with van der Waals surface area (Å²) in [7, 11) is 0. The summed E-state index contributed by atoms with van der Waals surface area (Å²) in [6, 6.07) is 0. The summed E-state index contributed by atoms with van der Waals surface area (Å²) in [6.07, 6.45) is 5.33. The van der Waals surface area contributed by atoms with Gasteiger partial charge in [0.15, 0.2) is 5.84 Å². The van der Waals surface area contributed by atoms with Crippen LogP contribution in [0.4, 0.5) is 0 Å². The molecule has 0 bridgehead atoms. The molecule has 1 amide bonds. The Morgan fingerprint density at radius 3 is 2.31 bits per heavy atom. The SMILES string of the molecule is CC1(NC(=O)C2(C(N)=NO)CCCC2)CC1. The van der Waals surface area contributed by atoms with Crippen LogP contribution in [0.1, 0.15) is 45.4 Å². The fourth-order valence-corrected chi connectivity index (χ4v) is 2.38. The Labute approximate surface area is 95.1 Å². The first-order chi connectivity index (χ1) is 7.52. The lowest BCUT2D eigenvalue weighted by molar-refractivity contribution is -0.128. The number of hydrogen-bond acceptors (Lipinski definition) is 3. The fourth-order valence-electron chi connectivity index (χ4n) is 2.38. The predicted octanol–water partition coefficient (Wildman–Crippen LogP) is 0.962. The van der Waals surface area contributed by atoms with Crippen LogP contribution in [0.2, 0.25) is 0 Å². The van der Waals surface area contributed by atoms with Gasteiger partial charge in [0, 0.05) is 5.54 Å². The summed E-state index contributed by atoms with van der Waals surface area (Å²) in [5, 5.41) is 14.9. The fraction of sp³-hybridized carbons (Fsp3) is 0.818. The quantitative estimate of drug-likeness (QED) is 0.289. The van der Waals surface area contributed by atoms with Crippen LogP contribution in [-0.4, -0.2) is 22.5 Å². The molecule has 0 atom stereocenters. The normalized spacial score (nSPS) is 26.4. The zero-order valence-electron chi connectivity index (χ0n) is 9.62. The average Bonchev–Trinajstić information content (AvgIpc) is 2.83. The number of carbonyl (C=O) groups excluding carboxylic acids is 1. The maximum absolute atomic E-state index is 12.2. The molecule has 90 valence electrons. The van der Waals surface area contributed by atoms with Gasteiger partial charge in [0.1, 0.15) is 5.41 Å². The Morgan fingerprint density at radius 2 is 1.88 bits per heavy atom. The molecule has 2 saturated carbocycles. The van der Waals surface area contributed by atoms with Gasteiger partial charge in [-0.3, -0.25) is 4.79 Å². The molecule has 16 heavy (non-hydrogen) atoms. The standard InChI is InChI=1S/C11H19N3O2/c1-10(6-7-10)13-9(15)11(8(12)14-16)4-2-3-5-11/h16H,2-7H2,1H3,(H2,12,14)(H,13,15). The van der Waals surface area contributed by atoms with E-state index in [1.807, 2.05) is 6.92 Å². The Kier molecular flexibility index (Phi) is 2.56. The van der Waals surface area contributed by atoms with Crippen molar-refractivity contribution in [3.05, 3.63) is 0 Å². The van der Waals surface area contributed by atoms with Gasteiger partial charge >= 0.3 is 0 Å². The van der Waals surface area contributed by atoms with Crippen LogP contribution in [-0.2, 0) is 4.79 Å². The van der Waals surface area contributed by atoms with E-state index in [1.165, 1.54) is 0 Å². The smallest absolute Gasteiger partial charge is 0.234 e. The molecule has 0 aliphatic heterocycles. The van der Waals surface area contributed by atoms with Crippen molar-refractivity contribution in [3.8, 4) is 0 Å². The van der Waals surface area contributed by atoms with Gasteiger partial charge in [-0.1, -0.05) is 18.0 Å². The maximum Gasteiger partial charge on any atom is 0.234 e.